The Kier molecular flexibility index (Phi) is 6.22. The van der Waals surface area contributed by atoms with Crippen LogP contribution in [0.4, 0.5) is 0 Å². The summed E-state index contributed by atoms with van der Waals surface area (Å²) in [4.78, 5) is 16.9. The zero-order valence-electron chi connectivity index (χ0n) is 16.2. The summed E-state index contributed by atoms with van der Waals surface area (Å²) in [6.07, 6.45) is 3.31. The first-order chi connectivity index (χ1) is 13.6. The number of carbonyl (C=O) groups is 1. The molecule has 4 heteroatoms. The second kappa shape index (κ2) is 9.00. The summed E-state index contributed by atoms with van der Waals surface area (Å²) in [5.41, 5.74) is 4.78. The van der Waals surface area contributed by atoms with Crippen LogP contribution in [0, 0.1) is 0 Å². The van der Waals surface area contributed by atoms with Crippen molar-refractivity contribution < 1.29 is 4.79 Å². The van der Waals surface area contributed by atoms with E-state index < -0.39 is 0 Å². The number of imidazole rings is 1. The quantitative estimate of drug-likeness (QED) is 0.472. The van der Waals surface area contributed by atoms with Crippen molar-refractivity contribution in [2.24, 2.45) is 0 Å². The van der Waals surface area contributed by atoms with Crippen molar-refractivity contribution in [1.82, 2.24) is 14.9 Å². The molecule has 3 aromatic rings. The standard InChI is InChI=1S/C24H25N3O/c1-4-11-22-21(16-19-12-7-5-8-13-19)26-23(17-25-24(28)18(2)3)27(22)20-14-9-6-10-15-20/h4-10,12-15H,1-2,11,16-17H2,3H3,(H,25,28). The Morgan fingerprint density at radius 3 is 2.36 bits per heavy atom. The first kappa shape index (κ1) is 19.4. The highest BCUT2D eigenvalue weighted by Gasteiger charge is 2.18. The molecule has 3 rings (SSSR count). The molecule has 0 saturated heterocycles. The van der Waals surface area contributed by atoms with Crippen LogP contribution in [0.3, 0.4) is 0 Å². The van der Waals surface area contributed by atoms with E-state index in [1.807, 2.05) is 54.6 Å². The average molecular weight is 371 g/mol. The summed E-state index contributed by atoms with van der Waals surface area (Å²) >= 11 is 0. The van der Waals surface area contributed by atoms with Crippen LogP contribution in [0.25, 0.3) is 5.69 Å². The fourth-order valence-corrected chi connectivity index (χ4v) is 3.14. The Bertz CT molecular complexity index is 972. The highest BCUT2D eigenvalue weighted by atomic mass is 16.1. The Morgan fingerprint density at radius 2 is 1.75 bits per heavy atom. The Hall–Kier alpha value is -3.40. The first-order valence-electron chi connectivity index (χ1n) is 9.33. The van der Waals surface area contributed by atoms with E-state index in [4.69, 9.17) is 4.98 Å². The van der Waals surface area contributed by atoms with Crippen molar-refractivity contribution in [3.63, 3.8) is 0 Å². The van der Waals surface area contributed by atoms with Gasteiger partial charge in [-0.2, -0.15) is 0 Å². The third kappa shape index (κ3) is 4.46. The summed E-state index contributed by atoms with van der Waals surface area (Å²) in [7, 11) is 0. The second-order valence-corrected chi connectivity index (χ2v) is 6.71. The normalized spacial score (nSPS) is 10.5. The molecule has 0 atom stereocenters. The van der Waals surface area contributed by atoms with E-state index in [0.29, 0.717) is 18.5 Å². The zero-order chi connectivity index (χ0) is 19.9. The SMILES string of the molecule is C=CCc1c(Cc2ccccc2)nc(CNC(=O)C(=C)C)n1-c1ccccc1. The molecule has 1 N–H and O–H groups in total. The lowest BCUT2D eigenvalue weighted by molar-refractivity contribution is -0.117. The molecular weight excluding hydrogens is 346 g/mol. The van der Waals surface area contributed by atoms with Gasteiger partial charge < -0.3 is 5.32 Å². The molecule has 0 aliphatic carbocycles. The molecule has 1 heterocycles. The maximum absolute atomic E-state index is 12.0. The van der Waals surface area contributed by atoms with E-state index in [1.54, 1.807) is 6.92 Å². The fourth-order valence-electron chi connectivity index (χ4n) is 3.14. The minimum Gasteiger partial charge on any atom is -0.345 e. The van der Waals surface area contributed by atoms with Crippen molar-refractivity contribution in [2.45, 2.75) is 26.3 Å². The number of allylic oxidation sites excluding steroid dienone is 1. The third-order valence-electron chi connectivity index (χ3n) is 4.49. The molecular formula is C24H25N3O. The van der Waals surface area contributed by atoms with Crippen molar-refractivity contribution >= 4 is 5.91 Å². The summed E-state index contributed by atoms with van der Waals surface area (Å²) < 4.78 is 2.12. The molecule has 0 fully saturated rings. The predicted octanol–water partition coefficient (Wildman–Crippen LogP) is 4.38. The molecule has 0 bridgehead atoms. The molecule has 1 amide bonds. The molecule has 0 aliphatic heterocycles. The first-order valence-corrected chi connectivity index (χ1v) is 9.33. The van der Waals surface area contributed by atoms with E-state index in [2.05, 4.69) is 35.2 Å². The van der Waals surface area contributed by atoms with E-state index >= 15 is 0 Å². The molecule has 0 radical (unpaired) electrons. The van der Waals surface area contributed by atoms with Gasteiger partial charge in [-0.05, 0) is 24.6 Å². The van der Waals surface area contributed by atoms with Gasteiger partial charge in [0, 0.05) is 24.1 Å². The maximum Gasteiger partial charge on any atom is 0.246 e. The number of amides is 1. The molecule has 28 heavy (non-hydrogen) atoms. The second-order valence-electron chi connectivity index (χ2n) is 6.71. The summed E-state index contributed by atoms with van der Waals surface area (Å²) in [6.45, 7) is 9.66. The summed E-state index contributed by atoms with van der Waals surface area (Å²) in [6, 6.07) is 20.4. The summed E-state index contributed by atoms with van der Waals surface area (Å²) in [5, 5.41) is 2.91. The van der Waals surface area contributed by atoms with Gasteiger partial charge in [0.05, 0.1) is 17.9 Å². The van der Waals surface area contributed by atoms with Crippen molar-refractivity contribution in [2.75, 3.05) is 0 Å². The molecule has 1 aromatic heterocycles. The van der Waals surface area contributed by atoms with Crippen LogP contribution in [0.1, 0.15) is 29.7 Å². The van der Waals surface area contributed by atoms with Gasteiger partial charge >= 0.3 is 0 Å². The Labute approximate surface area is 166 Å². The smallest absolute Gasteiger partial charge is 0.246 e. The summed E-state index contributed by atoms with van der Waals surface area (Å²) in [5.74, 6) is 0.626. The Balaban J connectivity index is 2.05. The maximum atomic E-state index is 12.0. The molecule has 142 valence electrons. The minimum absolute atomic E-state index is 0.169. The van der Waals surface area contributed by atoms with Gasteiger partial charge in [0.15, 0.2) is 0 Å². The number of nitrogens with zero attached hydrogens (tertiary/aromatic N) is 2. The Morgan fingerprint density at radius 1 is 1.11 bits per heavy atom. The molecule has 2 aromatic carbocycles. The van der Waals surface area contributed by atoms with E-state index in [0.717, 1.165) is 29.3 Å². The largest absolute Gasteiger partial charge is 0.345 e. The average Bonchev–Trinajstić information content (AvgIpc) is 3.04. The zero-order valence-corrected chi connectivity index (χ0v) is 16.2. The lowest BCUT2D eigenvalue weighted by atomic mass is 10.1. The number of benzene rings is 2. The fraction of sp³-hybridized carbons (Fsp3) is 0.167. The van der Waals surface area contributed by atoms with Gasteiger partial charge in [-0.15, -0.1) is 6.58 Å². The van der Waals surface area contributed by atoms with Gasteiger partial charge in [0.1, 0.15) is 5.82 Å². The van der Waals surface area contributed by atoms with Gasteiger partial charge in [-0.25, -0.2) is 4.98 Å². The van der Waals surface area contributed by atoms with Crippen molar-refractivity contribution in [3.8, 4) is 5.69 Å². The number of hydrogen-bond acceptors (Lipinski definition) is 2. The number of para-hydroxylation sites is 1. The lowest BCUT2D eigenvalue weighted by Gasteiger charge is -2.12. The highest BCUT2D eigenvalue weighted by molar-refractivity contribution is 5.91. The van der Waals surface area contributed by atoms with E-state index in [9.17, 15) is 4.79 Å². The monoisotopic (exact) mass is 371 g/mol. The molecule has 0 aliphatic rings. The van der Waals surface area contributed by atoms with Gasteiger partial charge in [0.2, 0.25) is 5.91 Å². The van der Waals surface area contributed by atoms with Gasteiger partial charge in [0.25, 0.3) is 0 Å². The lowest BCUT2D eigenvalue weighted by Crippen LogP contribution is -2.25. The number of carbonyl (C=O) groups excluding carboxylic acids is 1. The van der Waals surface area contributed by atoms with Crippen LogP contribution in [-0.4, -0.2) is 15.5 Å². The minimum atomic E-state index is -0.169. The van der Waals surface area contributed by atoms with Crippen LogP contribution in [0.5, 0.6) is 0 Å². The predicted molar refractivity (Wildman–Crippen MR) is 113 cm³/mol. The van der Waals surface area contributed by atoms with Gasteiger partial charge in [-0.3, -0.25) is 9.36 Å². The number of hydrogen-bond donors (Lipinski definition) is 1. The van der Waals surface area contributed by atoms with Crippen molar-refractivity contribution in [1.29, 1.82) is 0 Å². The third-order valence-corrected chi connectivity index (χ3v) is 4.49. The van der Waals surface area contributed by atoms with Crippen LogP contribution >= 0.6 is 0 Å². The van der Waals surface area contributed by atoms with Crippen LogP contribution in [0.2, 0.25) is 0 Å². The molecule has 0 saturated carbocycles. The van der Waals surface area contributed by atoms with Gasteiger partial charge in [-0.1, -0.05) is 61.2 Å². The van der Waals surface area contributed by atoms with E-state index in [-0.39, 0.29) is 5.91 Å². The van der Waals surface area contributed by atoms with E-state index in [1.165, 1.54) is 5.56 Å². The molecule has 0 spiro atoms. The van der Waals surface area contributed by atoms with Crippen molar-refractivity contribution in [3.05, 3.63) is 108 Å². The topological polar surface area (TPSA) is 46.9 Å². The number of aromatic nitrogens is 2. The van der Waals surface area contributed by atoms with Crippen LogP contribution < -0.4 is 5.32 Å². The molecule has 0 unspecified atom stereocenters. The highest BCUT2D eigenvalue weighted by Crippen LogP contribution is 2.22. The number of nitrogens with one attached hydrogen (secondary N) is 1. The van der Waals surface area contributed by atoms with Crippen LogP contribution in [0.15, 0.2) is 85.5 Å². The van der Waals surface area contributed by atoms with Crippen LogP contribution in [-0.2, 0) is 24.2 Å². The number of rotatable bonds is 8. The molecule has 4 nitrogen and oxygen atoms in total.